The van der Waals surface area contributed by atoms with Crippen LogP contribution in [-0.2, 0) is 6.42 Å². The molecule has 5 nitrogen and oxygen atoms in total. The predicted molar refractivity (Wildman–Crippen MR) is 126 cm³/mol. The molecule has 3 N–H and O–H groups in total. The summed E-state index contributed by atoms with van der Waals surface area (Å²) < 4.78 is 5.78. The summed E-state index contributed by atoms with van der Waals surface area (Å²) in [6, 6.07) is 22.1. The van der Waals surface area contributed by atoms with Crippen molar-refractivity contribution in [3.8, 4) is 5.75 Å². The van der Waals surface area contributed by atoms with Crippen molar-refractivity contribution in [1.29, 1.82) is 0 Å². The molecule has 0 aliphatic carbocycles. The number of benzene rings is 3. The van der Waals surface area contributed by atoms with Crippen LogP contribution in [0.15, 0.2) is 72.8 Å². The zero-order valence-corrected chi connectivity index (χ0v) is 17.8. The summed E-state index contributed by atoms with van der Waals surface area (Å²) in [7, 11) is 0. The summed E-state index contributed by atoms with van der Waals surface area (Å²) in [6.45, 7) is 2.35. The lowest BCUT2D eigenvalue weighted by atomic mass is 10.0. The van der Waals surface area contributed by atoms with E-state index in [2.05, 4.69) is 10.3 Å². The number of carbonyl (C=O) groups is 1. The number of ether oxygens (including phenoxy) is 1. The molecule has 1 aromatic heterocycles. The van der Waals surface area contributed by atoms with E-state index in [1.54, 1.807) is 12.1 Å². The number of hydrogen-bond acceptors (Lipinski definition) is 4. The first kappa shape index (κ1) is 20.7. The number of aromatic nitrogens is 1. The number of amides is 1. The van der Waals surface area contributed by atoms with Gasteiger partial charge in [0.25, 0.3) is 5.91 Å². The van der Waals surface area contributed by atoms with Crippen LogP contribution in [0.3, 0.4) is 0 Å². The van der Waals surface area contributed by atoms with E-state index in [1.807, 2.05) is 67.6 Å². The van der Waals surface area contributed by atoms with Crippen molar-refractivity contribution in [3.05, 3.63) is 94.6 Å². The zero-order valence-electron chi connectivity index (χ0n) is 17.1. The summed E-state index contributed by atoms with van der Waals surface area (Å²) in [5.41, 5.74) is 10.6. The molecule has 0 aliphatic heterocycles. The van der Waals surface area contributed by atoms with Gasteiger partial charge in [0.1, 0.15) is 5.75 Å². The first-order valence-electron chi connectivity index (χ1n) is 9.94. The molecule has 0 saturated heterocycles. The lowest BCUT2D eigenvalue weighted by Gasteiger charge is -2.12. The Labute approximate surface area is 185 Å². The Morgan fingerprint density at radius 2 is 1.84 bits per heavy atom. The number of nitrogens with two attached hydrogens (primary N) is 1. The lowest BCUT2D eigenvalue weighted by molar-refractivity contribution is 0.102. The van der Waals surface area contributed by atoms with Gasteiger partial charge in [0, 0.05) is 39.5 Å². The van der Waals surface area contributed by atoms with Gasteiger partial charge in [0.15, 0.2) is 0 Å². The second kappa shape index (κ2) is 9.06. The predicted octanol–water partition coefficient (Wildman–Crippen LogP) is 5.65. The second-order valence-corrected chi connectivity index (χ2v) is 7.68. The maximum Gasteiger partial charge on any atom is 0.255 e. The third-order valence-electron chi connectivity index (χ3n) is 4.94. The minimum Gasteiger partial charge on any atom is -0.493 e. The van der Waals surface area contributed by atoms with E-state index in [1.165, 1.54) is 0 Å². The summed E-state index contributed by atoms with van der Waals surface area (Å²) in [5.74, 6) is 0.559. The van der Waals surface area contributed by atoms with Crippen molar-refractivity contribution >= 4 is 39.8 Å². The minimum atomic E-state index is -0.180. The Morgan fingerprint density at radius 1 is 1.06 bits per heavy atom. The molecule has 1 amide bonds. The molecule has 6 heteroatoms. The molecular formula is C25H22ClN3O2. The van der Waals surface area contributed by atoms with Gasteiger partial charge in [-0.15, -0.1) is 0 Å². The van der Waals surface area contributed by atoms with E-state index in [0.717, 1.165) is 27.9 Å². The monoisotopic (exact) mass is 431 g/mol. The first-order chi connectivity index (χ1) is 15.0. The number of nitrogens with zero attached hydrogens (tertiary/aromatic N) is 1. The van der Waals surface area contributed by atoms with Crippen LogP contribution >= 0.6 is 11.6 Å². The number of rotatable bonds is 6. The maximum atomic E-state index is 13.0. The van der Waals surface area contributed by atoms with Gasteiger partial charge in [-0.1, -0.05) is 29.8 Å². The normalized spacial score (nSPS) is 10.8. The molecule has 0 aliphatic rings. The number of anilines is 2. The maximum absolute atomic E-state index is 13.0. The molecule has 0 radical (unpaired) electrons. The van der Waals surface area contributed by atoms with E-state index >= 15 is 0 Å². The fourth-order valence-electron chi connectivity index (χ4n) is 3.44. The van der Waals surface area contributed by atoms with Crippen LogP contribution in [-0.4, -0.2) is 17.5 Å². The third-order valence-corrected chi connectivity index (χ3v) is 5.19. The molecule has 0 unspecified atom stereocenters. The fraction of sp³-hybridized carbons (Fsp3) is 0.120. The Morgan fingerprint density at radius 3 is 2.65 bits per heavy atom. The Hall–Kier alpha value is -3.57. The zero-order chi connectivity index (χ0) is 21.8. The van der Waals surface area contributed by atoms with Crippen LogP contribution in [0.1, 0.15) is 21.6 Å². The lowest BCUT2D eigenvalue weighted by Crippen LogP contribution is -2.15. The molecule has 0 saturated carbocycles. The highest BCUT2D eigenvalue weighted by Gasteiger charge is 2.12. The van der Waals surface area contributed by atoms with Gasteiger partial charge in [-0.2, -0.15) is 0 Å². The number of fused-ring (bicyclic) bond motifs is 1. The molecule has 1 heterocycles. The van der Waals surface area contributed by atoms with Crippen LogP contribution in [0.2, 0.25) is 5.02 Å². The van der Waals surface area contributed by atoms with E-state index in [-0.39, 0.29) is 5.91 Å². The molecule has 0 bridgehead atoms. The van der Waals surface area contributed by atoms with Crippen LogP contribution in [0.5, 0.6) is 5.75 Å². The van der Waals surface area contributed by atoms with Gasteiger partial charge in [-0.05, 0) is 67.1 Å². The molecule has 156 valence electrons. The van der Waals surface area contributed by atoms with Gasteiger partial charge in [-0.3, -0.25) is 9.78 Å². The fourth-order valence-corrected chi connectivity index (χ4v) is 3.56. The molecule has 31 heavy (non-hydrogen) atoms. The standard InChI is InChI=1S/C25H22ClN3O2/c1-16-14-23(27)22-15-19(8-11-24(22)28-16)29-25(30)21-5-3-2-4-17(21)12-13-31-20-9-6-18(26)7-10-20/h2-11,14-15H,12-13H2,1H3,(H2,27,28)(H,29,30). The number of hydrogen-bond donors (Lipinski definition) is 2. The van der Waals surface area contributed by atoms with Crippen LogP contribution in [0.25, 0.3) is 10.9 Å². The van der Waals surface area contributed by atoms with Crippen LogP contribution in [0.4, 0.5) is 11.4 Å². The largest absolute Gasteiger partial charge is 0.493 e. The highest BCUT2D eigenvalue weighted by Crippen LogP contribution is 2.25. The van der Waals surface area contributed by atoms with E-state index in [4.69, 9.17) is 22.1 Å². The number of carbonyl (C=O) groups excluding carboxylic acids is 1. The molecular weight excluding hydrogens is 410 g/mol. The number of nitrogen functional groups attached to an aromatic ring is 1. The molecule has 4 rings (SSSR count). The first-order valence-corrected chi connectivity index (χ1v) is 10.3. The van der Waals surface area contributed by atoms with Crippen molar-refractivity contribution in [1.82, 2.24) is 4.98 Å². The summed E-state index contributed by atoms with van der Waals surface area (Å²) in [6.07, 6.45) is 0.597. The molecule has 0 spiro atoms. The smallest absolute Gasteiger partial charge is 0.255 e. The minimum absolute atomic E-state index is 0.180. The molecule has 3 aromatic carbocycles. The quantitative estimate of drug-likeness (QED) is 0.413. The second-order valence-electron chi connectivity index (χ2n) is 7.25. The van der Waals surface area contributed by atoms with E-state index in [0.29, 0.717) is 35.0 Å². The summed E-state index contributed by atoms with van der Waals surface area (Å²) in [4.78, 5) is 17.4. The molecule has 0 fully saturated rings. The summed E-state index contributed by atoms with van der Waals surface area (Å²) >= 11 is 5.90. The van der Waals surface area contributed by atoms with Gasteiger partial charge in [0.2, 0.25) is 0 Å². The van der Waals surface area contributed by atoms with Gasteiger partial charge >= 0.3 is 0 Å². The Bertz CT molecular complexity index is 1240. The van der Waals surface area contributed by atoms with Crippen molar-refractivity contribution in [2.75, 3.05) is 17.7 Å². The highest BCUT2D eigenvalue weighted by molar-refractivity contribution is 6.30. The van der Waals surface area contributed by atoms with Gasteiger partial charge < -0.3 is 15.8 Å². The number of nitrogens with one attached hydrogen (secondary N) is 1. The van der Waals surface area contributed by atoms with Gasteiger partial charge in [0.05, 0.1) is 12.1 Å². The van der Waals surface area contributed by atoms with Crippen LogP contribution in [0, 0.1) is 6.92 Å². The molecule has 4 aromatic rings. The number of aryl methyl sites for hydroxylation is 1. The van der Waals surface area contributed by atoms with E-state index in [9.17, 15) is 4.79 Å². The van der Waals surface area contributed by atoms with Crippen molar-refractivity contribution in [3.63, 3.8) is 0 Å². The van der Waals surface area contributed by atoms with Crippen molar-refractivity contribution < 1.29 is 9.53 Å². The highest BCUT2D eigenvalue weighted by atomic mass is 35.5. The average Bonchev–Trinajstić information content (AvgIpc) is 2.76. The Balaban J connectivity index is 1.47. The van der Waals surface area contributed by atoms with Crippen LogP contribution < -0.4 is 15.8 Å². The van der Waals surface area contributed by atoms with Crippen molar-refractivity contribution in [2.24, 2.45) is 0 Å². The third kappa shape index (κ3) is 4.95. The number of pyridine rings is 1. The topological polar surface area (TPSA) is 77.2 Å². The van der Waals surface area contributed by atoms with Crippen molar-refractivity contribution in [2.45, 2.75) is 13.3 Å². The molecule has 0 atom stereocenters. The number of halogens is 1. The van der Waals surface area contributed by atoms with E-state index < -0.39 is 0 Å². The summed E-state index contributed by atoms with van der Waals surface area (Å²) in [5, 5.41) is 4.44. The van der Waals surface area contributed by atoms with Gasteiger partial charge in [-0.25, -0.2) is 0 Å². The average molecular weight is 432 g/mol. The SMILES string of the molecule is Cc1cc(N)c2cc(NC(=O)c3ccccc3CCOc3ccc(Cl)cc3)ccc2n1. The Kier molecular flexibility index (Phi) is 6.05.